The van der Waals surface area contributed by atoms with Gasteiger partial charge in [-0.3, -0.25) is 4.79 Å². The summed E-state index contributed by atoms with van der Waals surface area (Å²) in [6.07, 6.45) is -0.378. The number of carboxylic acids is 1. The van der Waals surface area contributed by atoms with E-state index in [0.717, 1.165) is 0 Å². The predicted octanol–water partition coefficient (Wildman–Crippen LogP) is 2.36. The molecule has 1 aliphatic carbocycles. The fraction of sp³-hybridized carbons (Fsp3) is 0.706. The van der Waals surface area contributed by atoms with E-state index in [9.17, 15) is 18.0 Å². The minimum atomic E-state index is -3.02. The fourth-order valence-electron chi connectivity index (χ4n) is 3.94. The van der Waals surface area contributed by atoms with Crippen LogP contribution in [0.4, 0.5) is 24.9 Å². The molecule has 6 nitrogen and oxygen atoms in total. The molecule has 1 aromatic rings. The van der Waals surface area contributed by atoms with Gasteiger partial charge in [-0.2, -0.15) is 13.8 Å². The molecule has 0 amide bonds. The molecule has 0 saturated carbocycles. The lowest BCUT2D eigenvalue weighted by atomic mass is 9.90. The highest BCUT2D eigenvalue weighted by molar-refractivity contribution is 5.68. The van der Waals surface area contributed by atoms with Crippen molar-refractivity contribution in [1.82, 2.24) is 9.97 Å². The highest BCUT2D eigenvalue weighted by atomic mass is 19.3. The summed E-state index contributed by atoms with van der Waals surface area (Å²) in [5.41, 5.74) is 0.198. The molecule has 2 fully saturated rings. The van der Waals surface area contributed by atoms with Gasteiger partial charge in [-0.1, -0.05) is 0 Å². The molecule has 0 radical (unpaired) electrons. The number of carboxylic acid groups (broad SMARTS) is 1. The van der Waals surface area contributed by atoms with E-state index in [0.29, 0.717) is 37.3 Å². The maximum Gasteiger partial charge on any atom is 0.303 e. The van der Waals surface area contributed by atoms with Crippen molar-refractivity contribution in [3.05, 3.63) is 11.3 Å². The van der Waals surface area contributed by atoms with Crippen LogP contribution in [-0.2, 0) is 17.1 Å². The van der Waals surface area contributed by atoms with Crippen LogP contribution >= 0.6 is 0 Å². The van der Waals surface area contributed by atoms with E-state index in [1.807, 2.05) is 4.90 Å². The number of rotatable bonds is 4. The number of fused-ring (bicyclic) bond motifs is 1. The monoisotopic (exact) mass is 370 g/mol. The van der Waals surface area contributed by atoms with Crippen molar-refractivity contribution in [3.8, 4) is 0 Å². The minimum absolute atomic E-state index is 0.0104. The first kappa shape index (κ1) is 17.4. The van der Waals surface area contributed by atoms with Gasteiger partial charge in [0, 0.05) is 31.0 Å². The van der Waals surface area contributed by atoms with Crippen LogP contribution in [0.15, 0.2) is 0 Å². The number of aromatic nitrogens is 2. The Morgan fingerprint density at radius 3 is 2.65 bits per heavy atom. The van der Waals surface area contributed by atoms with E-state index >= 15 is 0 Å². The largest absolute Gasteiger partial charge is 0.481 e. The third-order valence-electron chi connectivity index (χ3n) is 5.60. The van der Waals surface area contributed by atoms with Crippen molar-refractivity contribution >= 4 is 17.7 Å². The number of aliphatic carboxylic acids is 1. The molecule has 2 aliphatic heterocycles. The number of carbonyl (C=O) groups is 1. The van der Waals surface area contributed by atoms with Crippen LogP contribution in [0.1, 0.15) is 37.4 Å². The van der Waals surface area contributed by atoms with Crippen molar-refractivity contribution < 1.29 is 23.1 Å². The van der Waals surface area contributed by atoms with Crippen molar-refractivity contribution in [2.24, 2.45) is 5.92 Å². The summed E-state index contributed by atoms with van der Waals surface area (Å²) < 4.78 is 42.5. The number of nitrogens with zero attached hydrogens (tertiary/aromatic N) is 4. The van der Waals surface area contributed by atoms with Gasteiger partial charge in [0.2, 0.25) is 5.95 Å². The van der Waals surface area contributed by atoms with Gasteiger partial charge < -0.3 is 14.9 Å². The van der Waals surface area contributed by atoms with Crippen LogP contribution in [0.25, 0.3) is 0 Å². The third-order valence-corrected chi connectivity index (χ3v) is 5.60. The Bertz CT molecular complexity index is 739. The van der Waals surface area contributed by atoms with Gasteiger partial charge in [0.25, 0.3) is 5.92 Å². The second-order valence-corrected chi connectivity index (χ2v) is 7.51. The molecule has 9 heteroatoms. The van der Waals surface area contributed by atoms with Gasteiger partial charge in [0.05, 0.1) is 19.0 Å². The Balaban J connectivity index is 1.67. The Morgan fingerprint density at radius 2 is 2.04 bits per heavy atom. The molecule has 2 unspecified atom stereocenters. The molecule has 2 atom stereocenters. The summed E-state index contributed by atoms with van der Waals surface area (Å²) in [4.78, 5) is 22.9. The van der Waals surface area contributed by atoms with Gasteiger partial charge in [0.15, 0.2) is 0 Å². The number of hydrogen-bond donors (Lipinski definition) is 1. The van der Waals surface area contributed by atoms with Gasteiger partial charge in [0.1, 0.15) is 17.7 Å². The molecule has 26 heavy (non-hydrogen) atoms. The fourth-order valence-corrected chi connectivity index (χ4v) is 3.94. The molecule has 1 N–H and O–H groups in total. The van der Waals surface area contributed by atoms with Crippen molar-refractivity contribution in [1.29, 1.82) is 0 Å². The van der Waals surface area contributed by atoms with E-state index in [1.54, 1.807) is 11.8 Å². The summed E-state index contributed by atoms with van der Waals surface area (Å²) in [5.74, 6) is -3.29. The van der Waals surface area contributed by atoms with Gasteiger partial charge in [-0.15, -0.1) is 0 Å². The zero-order chi connectivity index (χ0) is 18.6. The maximum absolute atomic E-state index is 14.5. The topological polar surface area (TPSA) is 69.6 Å². The van der Waals surface area contributed by atoms with Crippen molar-refractivity contribution in [2.45, 2.75) is 50.7 Å². The molecule has 3 heterocycles. The Hall–Kier alpha value is -2.06. The van der Waals surface area contributed by atoms with Crippen LogP contribution in [0.5, 0.6) is 0 Å². The molecule has 0 spiro atoms. The van der Waals surface area contributed by atoms with E-state index in [4.69, 9.17) is 5.11 Å². The van der Waals surface area contributed by atoms with Crippen LogP contribution < -0.4 is 9.80 Å². The summed E-state index contributed by atoms with van der Waals surface area (Å²) in [6.45, 7) is 2.73. The SMILES string of the molecule is CC1C(F)CN1c1nc(N2CC(CC(=O)O)C2)c2c(n1)C(F)(F)CCC2. The van der Waals surface area contributed by atoms with Gasteiger partial charge >= 0.3 is 5.97 Å². The van der Waals surface area contributed by atoms with Crippen LogP contribution in [0, 0.1) is 5.92 Å². The van der Waals surface area contributed by atoms with Gasteiger partial charge in [-0.25, -0.2) is 9.37 Å². The number of alkyl halides is 3. The quantitative estimate of drug-likeness (QED) is 0.878. The first-order valence-corrected chi connectivity index (χ1v) is 8.93. The second kappa shape index (κ2) is 5.99. The van der Waals surface area contributed by atoms with Crippen molar-refractivity contribution in [3.63, 3.8) is 0 Å². The Kier molecular flexibility index (Phi) is 4.00. The average molecular weight is 370 g/mol. The normalized spacial score (nSPS) is 27.5. The molecule has 142 valence electrons. The summed E-state index contributed by atoms with van der Waals surface area (Å²) in [6, 6.07) is -0.436. The van der Waals surface area contributed by atoms with Crippen molar-refractivity contribution in [2.75, 3.05) is 29.4 Å². The average Bonchev–Trinajstić information content (AvgIpc) is 2.54. The summed E-state index contributed by atoms with van der Waals surface area (Å²) >= 11 is 0. The zero-order valence-corrected chi connectivity index (χ0v) is 14.5. The number of hydrogen-bond acceptors (Lipinski definition) is 5. The van der Waals surface area contributed by atoms with E-state index in [2.05, 4.69) is 9.97 Å². The number of halogens is 3. The van der Waals surface area contributed by atoms with E-state index < -0.39 is 24.1 Å². The minimum Gasteiger partial charge on any atom is -0.481 e. The summed E-state index contributed by atoms with van der Waals surface area (Å²) in [7, 11) is 0. The first-order valence-electron chi connectivity index (χ1n) is 8.93. The third kappa shape index (κ3) is 2.77. The Morgan fingerprint density at radius 1 is 1.31 bits per heavy atom. The number of anilines is 2. The van der Waals surface area contributed by atoms with Crippen LogP contribution in [0.3, 0.4) is 0 Å². The molecular formula is C17H21F3N4O2. The van der Waals surface area contributed by atoms with Crippen LogP contribution in [-0.4, -0.2) is 52.9 Å². The molecular weight excluding hydrogens is 349 g/mol. The highest BCUT2D eigenvalue weighted by Gasteiger charge is 2.44. The van der Waals surface area contributed by atoms with E-state index in [-0.39, 0.29) is 36.9 Å². The molecule has 0 bridgehead atoms. The summed E-state index contributed by atoms with van der Waals surface area (Å²) in [5, 5.41) is 8.89. The zero-order valence-electron chi connectivity index (χ0n) is 14.5. The standard InChI is InChI=1S/C17H21F3N4O2/c1-9-12(18)8-24(9)16-21-14-11(3-2-4-17(14,19)20)15(22-16)23-6-10(7-23)5-13(25)26/h9-10,12H,2-8H2,1H3,(H,25,26). The highest BCUT2D eigenvalue weighted by Crippen LogP contribution is 2.44. The molecule has 1 aromatic heterocycles. The van der Waals surface area contributed by atoms with E-state index in [1.165, 1.54) is 0 Å². The lowest BCUT2D eigenvalue weighted by Gasteiger charge is -2.45. The van der Waals surface area contributed by atoms with Gasteiger partial charge in [-0.05, 0) is 19.8 Å². The molecule has 2 saturated heterocycles. The maximum atomic E-state index is 14.5. The van der Waals surface area contributed by atoms with Crippen LogP contribution in [0.2, 0.25) is 0 Å². The lowest BCUT2D eigenvalue weighted by Crippen LogP contribution is -2.57. The smallest absolute Gasteiger partial charge is 0.303 e. The lowest BCUT2D eigenvalue weighted by molar-refractivity contribution is -0.138. The Labute approximate surface area is 149 Å². The molecule has 4 rings (SSSR count). The first-order chi connectivity index (χ1) is 12.3. The second-order valence-electron chi connectivity index (χ2n) is 7.51. The molecule has 3 aliphatic rings. The molecule has 0 aromatic carbocycles. The predicted molar refractivity (Wildman–Crippen MR) is 88.5 cm³/mol.